The van der Waals surface area contributed by atoms with E-state index in [2.05, 4.69) is 5.32 Å². The van der Waals surface area contributed by atoms with Crippen LogP contribution in [0.3, 0.4) is 0 Å². The van der Waals surface area contributed by atoms with Gasteiger partial charge in [0.1, 0.15) is 0 Å². The highest BCUT2D eigenvalue weighted by atomic mass is 35.5. The average molecular weight is 419 g/mol. The van der Waals surface area contributed by atoms with Crippen LogP contribution in [-0.4, -0.2) is 31.4 Å². The van der Waals surface area contributed by atoms with Crippen LogP contribution in [0, 0.1) is 6.92 Å². The molecule has 6 nitrogen and oxygen atoms in total. The minimum absolute atomic E-state index is 0.217. The van der Waals surface area contributed by atoms with Crippen molar-refractivity contribution in [3.63, 3.8) is 0 Å². The summed E-state index contributed by atoms with van der Waals surface area (Å²) in [7, 11) is -3.25. The van der Waals surface area contributed by atoms with E-state index in [4.69, 9.17) is 16.0 Å². The molecule has 2 heterocycles. The highest BCUT2D eigenvalue weighted by molar-refractivity contribution is 7.88. The average Bonchev–Trinajstić information content (AvgIpc) is 2.99. The van der Waals surface area contributed by atoms with Crippen molar-refractivity contribution >= 4 is 44.2 Å². The van der Waals surface area contributed by atoms with E-state index >= 15 is 0 Å². The maximum absolute atomic E-state index is 12.9. The number of sulfonamides is 1. The van der Waals surface area contributed by atoms with Gasteiger partial charge in [-0.2, -0.15) is 4.31 Å². The highest BCUT2D eigenvalue weighted by Crippen LogP contribution is 2.32. The molecule has 1 aliphatic rings. The minimum atomic E-state index is -3.25. The minimum Gasteiger partial charge on any atom is -0.449 e. The number of amides is 1. The predicted octanol–water partition coefficient (Wildman–Crippen LogP) is 3.96. The number of aryl methyl sites for hydroxylation is 1. The third-order valence-electron chi connectivity index (χ3n) is 5.07. The molecular weight excluding hydrogens is 400 g/mol. The van der Waals surface area contributed by atoms with E-state index in [9.17, 15) is 13.2 Å². The molecule has 0 radical (unpaired) electrons. The summed E-state index contributed by atoms with van der Waals surface area (Å²) in [5.41, 5.74) is 3.72. The van der Waals surface area contributed by atoms with Crippen molar-refractivity contribution in [2.45, 2.75) is 19.9 Å². The highest BCUT2D eigenvalue weighted by Gasteiger charge is 2.26. The number of fused-ring (bicyclic) bond motifs is 2. The Morgan fingerprint density at radius 2 is 1.96 bits per heavy atom. The molecule has 3 aromatic rings. The summed E-state index contributed by atoms with van der Waals surface area (Å²) in [6, 6.07) is 10.9. The van der Waals surface area contributed by atoms with Crippen molar-refractivity contribution in [3.8, 4) is 0 Å². The molecule has 0 bridgehead atoms. The Morgan fingerprint density at radius 1 is 1.21 bits per heavy atom. The van der Waals surface area contributed by atoms with Crippen molar-refractivity contribution in [1.29, 1.82) is 0 Å². The Labute approximate surface area is 168 Å². The molecule has 2 aromatic carbocycles. The van der Waals surface area contributed by atoms with Gasteiger partial charge in [-0.05, 0) is 36.6 Å². The van der Waals surface area contributed by atoms with Gasteiger partial charge in [-0.25, -0.2) is 8.42 Å². The fraction of sp³-hybridized carbons (Fsp3) is 0.250. The van der Waals surface area contributed by atoms with E-state index < -0.39 is 10.0 Å². The second-order valence-corrected chi connectivity index (χ2v) is 9.31. The zero-order chi connectivity index (χ0) is 20.1. The van der Waals surface area contributed by atoms with Gasteiger partial charge < -0.3 is 9.73 Å². The second-order valence-electron chi connectivity index (χ2n) is 6.92. The number of halogens is 1. The topological polar surface area (TPSA) is 79.6 Å². The first-order chi connectivity index (χ1) is 13.3. The number of carbonyl (C=O) groups excluding carboxylic acids is 1. The van der Waals surface area contributed by atoms with Crippen LogP contribution in [0.1, 0.15) is 27.2 Å². The molecule has 8 heteroatoms. The summed E-state index contributed by atoms with van der Waals surface area (Å²) >= 11 is 6.17. The van der Waals surface area contributed by atoms with Gasteiger partial charge in [0.05, 0.1) is 11.3 Å². The molecule has 0 spiro atoms. The number of anilines is 1. The van der Waals surface area contributed by atoms with Crippen molar-refractivity contribution in [2.24, 2.45) is 0 Å². The molecule has 0 fully saturated rings. The molecule has 0 atom stereocenters. The van der Waals surface area contributed by atoms with Crippen LogP contribution in [0.2, 0.25) is 5.02 Å². The molecular formula is C20H19ClN2O4S. The first kappa shape index (κ1) is 19.0. The standard InChI is InChI=1S/C20H19ClN2O4S/c1-12-14-6-4-7-16(21)19(14)27-18(12)20(24)22-17-8-3-5-13-11-23(28(2,25)26)10-9-15(13)17/h3-8H,9-11H2,1-2H3,(H,22,24). The van der Waals surface area contributed by atoms with Crippen LogP contribution in [0.4, 0.5) is 5.69 Å². The largest absolute Gasteiger partial charge is 0.449 e. The molecule has 146 valence electrons. The molecule has 0 aliphatic carbocycles. The van der Waals surface area contributed by atoms with Gasteiger partial charge in [0, 0.05) is 29.7 Å². The van der Waals surface area contributed by atoms with Crippen LogP contribution in [0.5, 0.6) is 0 Å². The summed E-state index contributed by atoms with van der Waals surface area (Å²) in [6.07, 6.45) is 1.74. The molecule has 28 heavy (non-hydrogen) atoms. The van der Waals surface area contributed by atoms with E-state index in [0.29, 0.717) is 35.8 Å². The number of nitrogens with zero attached hydrogens (tertiary/aromatic N) is 1. The lowest BCUT2D eigenvalue weighted by molar-refractivity contribution is 0.0997. The molecule has 1 aliphatic heterocycles. The van der Waals surface area contributed by atoms with E-state index in [1.165, 1.54) is 10.6 Å². The first-order valence-corrected chi connectivity index (χ1v) is 11.0. The summed E-state index contributed by atoms with van der Waals surface area (Å²) in [5.74, 6) is -0.141. The molecule has 0 saturated carbocycles. The third-order valence-corrected chi connectivity index (χ3v) is 6.62. The lowest BCUT2D eigenvalue weighted by Crippen LogP contribution is -2.35. The summed E-state index contributed by atoms with van der Waals surface area (Å²) in [5, 5.41) is 4.18. The lowest BCUT2D eigenvalue weighted by Gasteiger charge is -2.28. The number of para-hydroxylation sites is 1. The third kappa shape index (κ3) is 3.30. The van der Waals surface area contributed by atoms with E-state index in [1.807, 2.05) is 37.3 Å². The molecule has 1 N–H and O–H groups in total. The van der Waals surface area contributed by atoms with Crippen LogP contribution in [-0.2, 0) is 23.0 Å². The Balaban J connectivity index is 1.65. The zero-order valence-corrected chi connectivity index (χ0v) is 17.0. The molecule has 1 aromatic heterocycles. The quantitative estimate of drug-likeness (QED) is 0.698. The predicted molar refractivity (Wildman–Crippen MR) is 109 cm³/mol. The van der Waals surface area contributed by atoms with Crippen LogP contribution in [0.25, 0.3) is 11.0 Å². The zero-order valence-electron chi connectivity index (χ0n) is 15.5. The van der Waals surface area contributed by atoms with Crippen molar-refractivity contribution in [2.75, 3.05) is 18.1 Å². The van der Waals surface area contributed by atoms with Gasteiger partial charge in [0.25, 0.3) is 5.91 Å². The van der Waals surface area contributed by atoms with Gasteiger partial charge in [-0.15, -0.1) is 0 Å². The van der Waals surface area contributed by atoms with Crippen LogP contribution < -0.4 is 5.32 Å². The fourth-order valence-electron chi connectivity index (χ4n) is 3.59. The molecule has 0 unspecified atom stereocenters. The van der Waals surface area contributed by atoms with Crippen molar-refractivity contribution in [3.05, 3.63) is 63.9 Å². The lowest BCUT2D eigenvalue weighted by atomic mass is 9.99. The van der Waals surface area contributed by atoms with Crippen molar-refractivity contribution in [1.82, 2.24) is 4.31 Å². The smallest absolute Gasteiger partial charge is 0.291 e. The van der Waals surface area contributed by atoms with Gasteiger partial charge >= 0.3 is 0 Å². The monoisotopic (exact) mass is 418 g/mol. The van der Waals surface area contributed by atoms with Gasteiger partial charge in [-0.3, -0.25) is 4.79 Å². The van der Waals surface area contributed by atoms with Crippen LogP contribution >= 0.6 is 11.6 Å². The SMILES string of the molecule is Cc1c(C(=O)Nc2cccc3c2CCN(S(C)(=O)=O)C3)oc2c(Cl)cccc12. The molecule has 4 rings (SSSR count). The first-order valence-electron chi connectivity index (χ1n) is 8.80. The van der Waals surface area contributed by atoms with E-state index in [-0.39, 0.29) is 11.7 Å². The number of hydrogen-bond acceptors (Lipinski definition) is 4. The Hall–Kier alpha value is -2.35. The Bertz CT molecular complexity index is 1200. The number of hydrogen-bond donors (Lipinski definition) is 1. The van der Waals surface area contributed by atoms with Gasteiger partial charge in [0.15, 0.2) is 11.3 Å². The maximum atomic E-state index is 12.9. The number of furan rings is 1. The van der Waals surface area contributed by atoms with E-state index in [0.717, 1.165) is 22.1 Å². The van der Waals surface area contributed by atoms with Gasteiger partial charge in [0.2, 0.25) is 10.0 Å². The fourth-order valence-corrected chi connectivity index (χ4v) is 4.60. The second kappa shape index (κ2) is 6.92. The Kier molecular flexibility index (Phi) is 4.69. The summed E-state index contributed by atoms with van der Waals surface area (Å²) in [4.78, 5) is 12.9. The van der Waals surface area contributed by atoms with Crippen molar-refractivity contribution < 1.29 is 17.6 Å². The summed E-state index contributed by atoms with van der Waals surface area (Å²) in [6.45, 7) is 2.51. The normalized spacial score (nSPS) is 14.8. The molecule has 1 amide bonds. The number of carbonyl (C=O) groups is 1. The van der Waals surface area contributed by atoms with Crippen LogP contribution in [0.15, 0.2) is 40.8 Å². The maximum Gasteiger partial charge on any atom is 0.291 e. The number of benzene rings is 2. The molecule has 0 saturated heterocycles. The van der Waals surface area contributed by atoms with Gasteiger partial charge in [-0.1, -0.05) is 35.9 Å². The Morgan fingerprint density at radius 3 is 2.68 bits per heavy atom. The number of nitrogens with one attached hydrogen (secondary N) is 1. The summed E-state index contributed by atoms with van der Waals surface area (Å²) < 4.78 is 30.8. The van der Waals surface area contributed by atoms with E-state index in [1.54, 1.807) is 6.07 Å². The number of rotatable bonds is 3.